The second kappa shape index (κ2) is 36.3. The number of quaternary nitrogens is 1. The van der Waals surface area contributed by atoms with Crippen LogP contribution in [-0.4, -0.2) is 98.2 Å². The first-order valence-electron chi connectivity index (χ1n) is 23.7. The fourth-order valence-corrected chi connectivity index (χ4v) is 7.56. The molecule has 0 aromatic rings. The number of ether oxygens (including phenoxy) is 2. The molecule has 0 saturated heterocycles. The van der Waals surface area contributed by atoms with Gasteiger partial charge in [-0.1, -0.05) is 138 Å². The van der Waals surface area contributed by atoms with Crippen LogP contribution < -0.4 is 4.89 Å². The molecule has 0 heterocycles. The highest BCUT2D eigenvalue weighted by Gasteiger charge is 2.39. The quantitative estimate of drug-likeness (QED) is 0.0199. The molecule has 1 fully saturated rings. The van der Waals surface area contributed by atoms with Gasteiger partial charge in [0, 0.05) is 25.2 Å². The lowest BCUT2D eigenvalue weighted by Gasteiger charge is -2.28. The van der Waals surface area contributed by atoms with E-state index in [1.807, 2.05) is 33.3 Å². The lowest BCUT2D eigenvalue weighted by atomic mass is 9.88. The number of rotatable bonds is 38. The molecule has 0 aliphatic heterocycles. The molecule has 360 valence electrons. The molecule has 12 nitrogen and oxygen atoms in total. The van der Waals surface area contributed by atoms with Crippen LogP contribution in [0.3, 0.4) is 0 Å². The van der Waals surface area contributed by atoms with Gasteiger partial charge in [0.1, 0.15) is 25.5 Å². The van der Waals surface area contributed by atoms with Gasteiger partial charge in [-0.05, 0) is 70.1 Å². The highest BCUT2D eigenvalue weighted by Crippen LogP contribution is 2.38. The number of aliphatic hydroxyl groups is 2. The molecular formula is C50H84NO11P. The lowest BCUT2D eigenvalue weighted by Crippen LogP contribution is -2.37. The number of Topliss-reactive ketones (excluding diaryl/α,β-unsaturated/α-hetero) is 1. The number of nitrogens with zero attached hydrogens (tertiary/aromatic N) is 1. The molecule has 1 saturated carbocycles. The van der Waals surface area contributed by atoms with Crippen molar-refractivity contribution >= 4 is 25.5 Å². The highest BCUT2D eigenvalue weighted by atomic mass is 31.2. The molecule has 1 unspecified atom stereocenters. The van der Waals surface area contributed by atoms with E-state index >= 15 is 0 Å². The standard InChI is InChI=1S/C50H84NO11P/c1-6-8-10-11-12-13-14-15-16-17-18-19-20-21-22-23-24-25-31-35-50(56)62-44(42-61-63(57,58)60-39-38-51(3,4)5)41-59-49(55)34-30-27-26-29-33-45-46(48(54)40-47(45)53)37-36-43(52)32-28-9-7-2/h12-13,15-16,18-19,21-22,24-25,36-37,43-47,52-53H,6-11,14,17,20,23,26-35,38-42H2,1-5H3/b13-12-,16-15-,19-18-,22-21-,25-24-,37-36+/t43-,44+,45+,46+,47-/m0/s1. The number of hydrogen-bond acceptors (Lipinski definition) is 11. The van der Waals surface area contributed by atoms with E-state index in [1.165, 1.54) is 19.3 Å². The van der Waals surface area contributed by atoms with Crippen molar-refractivity contribution in [1.82, 2.24) is 0 Å². The summed E-state index contributed by atoms with van der Waals surface area (Å²) in [6.07, 6.45) is 38.5. The highest BCUT2D eigenvalue weighted by molar-refractivity contribution is 7.45. The summed E-state index contributed by atoms with van der Waals surface area (Å²) in [5.74, 6) is -1.69. The number of likely N-dealkylation sites (N-methyl/N-ethyl adjacent to an activating group) is 1. The number of phosphoric acid groups is 1. The Hall–Kier alpha value is -2.96. The maximum absolute atomic E-state index is 12.7. The topological polar surface area (TPSA) is 169 Å². The zero-order valence-corrected chi connectivity index (χ0v) is 40.4. The summed E-state index contributed by atoms with van der Waals surface area (Å²) >= 11 is 0. The molecule has 0 spiro atoms. The van der Waals surface area contributed by atoms with Crippen molar-refractivity contribution < 1.29 is 57.1 Å². The molecule has 0 bridgehead atoms. The van der Waals surface area contributed by atoms with Gasteiger partial charge in [-0.25, -0.2) is 0 Å². The Morgan fingerprint density at radius 3 is 1.97 bits per heavy atom. The van der Waals surface area contributed by atoms with Crippen LogP contribution in [0.15, 0.2) is 72.9 Å². The summed E-state index contributed by atoms with van der Waals surface area (Å²) in [6.45, 7) is 3.72. The molecule has 0 radical (unpaired) electrons. The summed E-state index contributed by atoms with van der Waals surface area (Å²) in [5.41, 5.74) is 0. The predicted molar refractivity (Wildman–Crippen MR) is 250 cm³/mol. The average molecular weight is 906 g/mol. The van der Waals surface area contributed by atoms with Crippen molar-refractivity contribution in [2.24, 2.45) is 11.8 Å². The Bertz CT molecular complexity index is 1460. The number of phosphoric ester groups is 1. The molecule has 2 N–H and O–H groups in total. The van der Waals surface area contributed by atoms with E-state index < -0.39 is 50.6 Å². The Kier molecular flexibility index (Phi) is 33.4. The van der Waals surface area contributed by atoms with Crippen LogP contribution in [0.5, 0.6) is 0 Å². The van der Waals surface area contributed by atoms with Crippen molar-refractivity contribution in [2.45, 2.75) is 167 Å². The van der Waals surface area contributed by atoms with E-state index in [0.717, 1.165) is 70.6 Å². The minimum Gasteiger partial charge on any atom is -0.756 e. The zero-order valence-electron chi connectivity index (χ0n) is 39.5. The van der Waals surface area contributed by atoms with Gasteiger partial charge in [0.25, 0.3) is 7.82 Å². The van der Waals surface area contributed by atoms with E-state index in [4.69, 9.17) is 18.5 Å². The van der Waals surface area contributed by atoms with Crippen LogP contribution in [0.1, 0.15) is 149 Å². The van der Waals surface area contributed by atoms with Gasteiger partial charge in [0.2, 0.25) is 0 Å². The van der Waals surface area contributed by atoms with Gasteiger partial charge >= 0.3 is 11.9 Å². The third-order valence-corrected chi connectivity index (χ3v) is 11.6. The molecule has 0 aromatic carbocycles. The third-order valence-electron chi connectivity index (χ3n) is 10.6. The number of carbonyl (C=O) groups excluding carboxylic acids is 3. The molecule has 1 aliphatic carbocycles. The van der Waals surface area contributed by atoms with Crippen LogP contribution in [0.4, 0.5) is 0 Å². The van der Waals surface area contributed by atoms with Crippen molar-refractivity contribution in [1.29, 1.82) is 0 Å². The molecule has 6 atom stereocenters. The number of esters is 2. The third kappa shape index (κ3) is 33.2. The number of ketones is 1. The Balaban J connectivity index is 2.50. The van der Waals surface area contributed by atoms with Gasteiger partial charge in [-0.2, -0.15) is 0 Å². The van der Waals surface area contributed by atoms with E-state index in [0.29, 0.717) is 36.7 Å². The van der Waals surface area contributed by atoms with Gasteiger partial charge < -0.3 is 38.1 Å². The predicted octanol–water partition coefficient (Wildman–Crippen LogP) is 9.76. The minimum absolute atomic E-state index is 0.00191. The van der Waals surface area contributed by atoms with Crippen molar-refractivity contribution in [3.05, 3.63) is 72.9 Å². The summed E-state index contributed by atoms with van der Waals surface area (Å²) in [7, 11) is 0.979. The first-order valence-corrected chi connectivity index (χ1v) is 25.2. The summed E-state index contributed by atoms with van der Waals surface area (Å²) < 4.78 is 33.8. The van der Waals surface area contributed by atoms with E-state index in [9.17, 15) is 34.1 Å². The molecule has 0 amide bonds. The first kappa shape index (κ1) is 58.1. The molecular weight excluding hydrogens is 822 g/mol. The maximum atomic E-state index is 12.7. The smallest absolute Gasteiger partial charge is 0.306 e. The monoisotopic (exact) mass is 906 g/mol. The summed E-state index contributed by atoms with van der Waals surface area (Å²) in [4.78, 5) is 50.3. The van der Waals surface area contributed by atoms with Crippen LogP contribution in [0.25, 0.3) is 0 Å². The van der Waals surface area contributed by atoms with Gasteiger partial charge in [0.05, 0.1) is 40.0 Å². The van der Waals surface area contributed by atoms with Crippen LogP contribution in [0, 0.1) is 11.8 Å². The van der Waals surface area contributed by atoms with Crippen molar-refractivity contribution in [3.63, 3.8) is 0 Å². The van der Waals surface area contributed by atoms with Crippen molar-refractivity contribution in [2.75, 3.05) is 47.5 Å². The normalized spacial score (nSPS) is 19.4. The van der Waals surface area contributed by atoms with Crippen LogP contribution >= 0.6 is 7.82 Å². The molecule has 13 heteroatoms. The number of unbranched alkanes of at least 4 members (excludes halogenated alkanes) is 8. The van der Waals surface area contributed by atoms with Crippen LogP contribution in [-0.2, 0) is 37.5 Å². The van der Waals surface area contributed by atoms with E-state index in [2.05, 4.69) is 62.5 Å². The first-order chi connectivity index (χ1) is 30.2. The fourth-order valence-electron chi connectivity index (χ4n) is 6.83. The largest absolute Gasteiger partial charge is 0.756 e. The number of hydrogen-bond donors (Lipinski definition) is 2. The minimum atomic E-state index is -4.71. The summed E-state index contributed by atoms with van der Waals surface area (Å²) in [6, 6.07) is 0. The lowest BCUT2D eigenvalue weighted by molar-refractivity contribution is -0.870. The molecule has 1 rings (SSSR count). The van der Waals surface area contributed by atoms with E-state index in [1.54, 1.807) is 12.2 Å². The molecule has 63 heavy (non-hydrogen) atoms. The summed E-state index contributed by atoms with van der Waals surface area (Å²) in [5, 5.41) is 20.8. The Morgan fingerprint density at radius 1 is 0.762 bits per heavy atom. The SMILES string of the molecule is CCCCC/C=C\C/C=C\C/C=C\C/C=C\C/C=C\CCC(=O)O[C@H](COC(=O)CCCCCC[C@H]1[C@@H](O)CC(=O)[C@@H]1/C=C/[C@@H](O)CCCCC)COP(=O)([O-])OCC[N+](C)(C)C. The fraction of sp³-hybridized carbons (Fsp3) is 0.700. The molecule has 1 aliphatic rings. The second-order valence-electron chi connectivity index (χ2n) is 17.5. The number of aliphatic hydroxyl groups excluding tert-OH is 2. The van der Waals surface area contributed by atoms with Gasteiger partial charge in [-0.3, -0.25) is 18.9 Å². The maximum Gasteiger partial charge on any atom is 0.306 e. The van der Waals surface area contributed by atoms with E-state index in [-0.39, 0.29) is 44.2 Å². The van der Waals surface area contributed by atoms with Gasteiger partial charge in [-0.15, -0.1) is 0 Å². The average Bonchev–Trinajstić information content (AvgIpc) is 3.50. The van der Waals surface area contributed by atoms with Crippen LogP contribution in [0.2, 0.25) is 0 Å². The second-order valence-corrected chi connectivity index (χ2v) is 19.0. The van der Waals surface area contributed by atoms with Crippen molar-refractivity contribution in [3.8, 4) is 0 Å². The zero-order chi connectivity index (χ0) is 46.6. The number of carbonyl (C=O) groups is 3. The van der Waals surface area contributed by atoms with Gasteiger partial charge in [0.15, 0.2) is 6.10 Å². The Labute approximate surface area is 380 Å². The number of allylic oxidation sites excluding steroid dienone is 11. The Morgan fingerprint density at radius 2 is 1.35 bits per heavy atom. The molecule has 0 aromatic heterocycles.